The lowest BCUT2D eigenvalue weighted by Gasteiger charge is -2.40. The van der Waals surface area contributed by atoms with Crippen molar-refractivity contribution in [2.24, 2.45) is 0 Å². The van der Waals surface area contributed by atoms with Crippen LogP contribution < -0.4 is 10.2 Å². The number of aryl methyl sites for hydroxylation is 1. The zero-order valence-corrected chi connectivity index (χ0v) is 14.3. The largest absolute Gasteiger partial charge is 0.354 e. The molecule has 2 heterocycles. The van der Waals surface area contributed by atoms with Gasteiger partial charge in [-0.3, -0.25) is 9.69 Å². The van der Waals surface area contributed by atoms with Crippen LogP contribution in [0, 0.1) is 6.92 Å². The van der Waals surface area contributed by atoms with E-state index in [0.29, 0.717) is 12.6 Å². The molecule has 0 bridgehead atoms. The van der Waals surface area contributed by atoms with Crippen LogP contribution in [0.2, 0.25) is 0 Å². The summed E-state index contributed by atoms with van der Waals surface area (Å²) >= 11 is 0. The van der Waals surface area contributed by atoms with Crippen LogP contribution in [0.1, 0.15) is 12.5 Å². The molecule has 1 fully saturated rings. The number of anilines is 2. The van der Waals surface area contributed by atoms with Crippen LogP contribution in [-0.2, 0) is 4.79 Å². The first kappa shape index (κ1) is 16.5. The molecule has 1 aromatic heterocycles. The van der Waals surface area contributed by atoms with Gasteiger partial charge in [-0.15, -0.1) is 0 Å². The molecule has 126 valence electrons. The van der Waals surface area contributed by atoms with Crippen molar-refractivity contribution in [1.29, 1.82) is 0 Å². The quantitative estimate of drug-likeness (QED) is 0.939. The highest BCUT2D eigenvalue weighted by atomic mass is 16.2. The van der Waals surface area contributed by atoms with Crippen LogP contribution in [0.5, 0.6) is 0 Å². The molecule has 0 radical (unpaired) electrons. The topological polar surface area (TPSA) is 48.5 Å². The van der Waals surface area contributed by atoms with Gasteiger partial charge in [0.05, 0.1) is 6.54 Å². The van der Waals surface area contributed by atoms with Gasteiger partial charge in [0.1, 0.15) is 5.82 Å². The smallest absolute Gasteiger partial charge is 0.238 e. The van der Waals surface area contributed by atoms with E-state index in [4.69, 9.17) is 0 Å². The SMILES string of the molecule is Cc1cccc(NC(=O)CN2CCN(c3ccccn3)CC2C)c1. The highest BCUT2D eigenvalue weighted by Gasteiger charge is 2.25. The number of hydrogen-bond donors (Lipinski definition) is 1. The second kappa shape index (κ2) is 7.45. The number of pyridine rings is 1. The number of rotatable bonds is 4. The van der Waals surface area contributed by atoms with Crippen LogP contribution in [0.15, 0.2) is 48.7 Å². The van der Waals surface area contributed by atoms with Crippen molar-refractivity contribution >= 4 is 17.4 Å². The summed E-state index contributed by atoms with van der Waals surface area (Å²) in [5.41, 5.74) is 2.00. The molecular weight excluding hydrogens is 300 g/mol. The summed E-state index contributed by atoms with van der Waals surface area (Å²) in [5, 5.41) is 2.99. The number of carbonyl (C=O) groups is 1. The van der Waals surface area contributed by atoms with E-state index in [1.165, 1.54) is 0 Å². The lowest BCUT2D eigenvalue weighted by molar-refractivity contribution is -0.117. The summed E-state index contributed by atoms with van der Waals surface area (Å²) in [5.74, 6) is 1.05. The number of amides is 1. The number of nitrogens with one attached hydrogen (secondary N) is 1. The zero-order chi connectivity index (χ0) is 16.9. The Labute approximate surface area is 143 Å². The molecule has 5 heteroatoms. The second-order valence-corrected chi connectivity index (χ2v) is 6.37. The van der Waals surface area contributed by atoms with Gasteiger partial charge in [-0.2, -0.15) is 0 Å². The maximum Gasteiger partial charge on any atom is 0.238 e. The van der Waals surface area contributed by atoms with Crippen LogP contribution in [0.3, 0.4) is 0 Å². The van der Waals surface area contributed by atoms with E-state index in [2.05, 4.69) is 27.0 Å². The van der Waals surface area contributed by atoms with Crippen molar-refractivity contribution in [3.8, 4) is 0 Å². The molecule has 1 aliphatic rings. The number of nitrogens with zero attached hydrogens (tertiary/aromatic N) is 3. The van der Waals surface area contributed by atoms with Crippen molar-refractivity contribution in [3.63, 3.8) is 0 Å². The molecule has 1 unspecified atom stereocenters. The molecule has 0 saturated carbocycles. The van der Waals surface area contributed by atoms with Crippen molar-refractivity contribution < 1.29 is 4.79 Å². The Morgan fingerprint density at radius 1 is 1.25 bits per heavy atom. The number of piperazine rings is 1. The summed E-state index contributed by atoms with van der Waals surface area (Å²) in [6.45, 7) is 7.24. The average Bonchev–Trinajstić information content (AvgIpc) is 2.57. The standard InChI is InChI=1S/C19H24N4O/c1-15-6-5-7-17(12-15)21-19(24)14-22-10-11-23(13-16(22)2)18-8-3-4-9-20-18/h3-9,12,16H,10-11,13-14H2,1-2H3,(H,21,24). The molecule has 1 atom stereocenters. The van der Waals surface area contributed by atoms with Gasteiger partial charge in [0.25, 0.3) is 0 Å². The summed E-state index contributed by atoms with van der Waals surface area (Å²) in [6.07, 6.45) is 1.82. The second-order valence-electron chi connectivity index (χ2n) is 6.37. The Morgan fingerprint density at radius 3 is 2.83 bits per heavy atom. The number of benzene rings is 1. The highest BCUT2D eigenvalue weighted by molar-refractivity contribution is 5.92. The molecular formula is C19H24N4O. The minimum atomic E-state index is 0.0405. The molecule has 0 spiro atoms. The lowest BCUT2D eigenvalue weighted by Crippen LogP contribution is -2.54. The first-order valence-electron chi connectivity index (χ1n) is 8.38. The van der Waals surface area contributed by atoms with Gasteiger partial charge in [0, 0.05) is 37.6 Å². The minimum Gasteiger partial charge on any atom is -0.354 e. The van der Waals surface area contributed by atoms with E-state index >= 15 is 0 Å². The molecule has 2 aromatic rings. The van der Waals surface area contributed by atoms with Crippen molar-refractivity contribution in [3.05, 3.63) is 54.2 Å². The number of aromatic nitrogens is 1. The summed E-state index contributed by atoms with van der Waals surface area (Å²) in [7, 11) is 0. The van der Waals surface area contributed by atoms with E-state index in [9.17, 15) is 4.79 Å². The van der Waals surface area contributed by atoms with Gasteiger partial charge < -0.3 is 10.2 Å². The highest BCUT2D eigenvalue weighted by Crippen LogP contribution is 2.16. The third-order valence-corrected chi connectivity index (χ3v) is 4.39. The number of carbonyl (C=O) groups excluding carboxylic acids is 1. The summed E-state index contributed by atoms with van der Waals surface area (Å²) in [4.78, 5) is 21.2. The zero-order valence-electron chi connectivity index (χ0n) is 14.3. The first-order chi connectivity index (χ1) is 11.6. The van der Waals surface area contributed by atoms with Gasteiger partial charge >= 0.3 is 0 Å². The first-order valence-corrected chi connectivity index (χ1v) is 8.38. The third-order valence-electron chi connectivity index (χ3n) is 4.39. The van der Waals surface area contributed by atoms with E-state index in [0.717, 1.165) is 36.7 Å². The fourth-order valence-electron chi connectivity index (χ4n) is 3.09. The van der Waals surface area contributed by atoms with Crippen molar-refractivity contribution in [2.75, 3.05) is 36.4 Å². The van der Waals surface area contributed by atoms with Gasteiger partial charge in [0.15, 0.2) is 0 Å². The maximum absolute atomic E-state index is 12.3. The van der Waals surface area contributed by atoms with Crippen LogP contribution >= 0.6 is 0 Å². The van der Waals surface area contributed by atoms with Gasteiger partial charge in [-0.05, 0) is 43.7 Å². The molecule has 1 amide bonds. The Hall–Kier alpha value is -2.40. The average molecular weight is 324 g/mol. The van der Waals surface area contributed by atoms with Crippen molar-refractivity contribution in [1.82, 2.24) is 9.88 Å². The Balaban J connectivity index is 1.54. The fourth-order valence-corrected chi connectivity index (χ4v) is 3.09. The Morgan fingerprint density at radius 2 is 2.12 bits per heavy atom. The van der Waals surface area contributed by atoms with Gasteiger partial charge in [-0.25, -0.2) is 4.98 Å². The molecule has 1 N–H and O–H groups in total. The van der Waals surface area contributed by atoms with Crippen LogP contribution in [0.25, 0.3) is 0 Å². The van der Waals surface area contributed by atoms with E-state index in [1.807, 2.05) is 55.6 Å². The molecule has 5 nitrogen and oxygen atoms in total. The van der Waals surface area contributed by atoms with Crippen molar-refractivity contribution in [2.45, 2.75) is 19.9 Å². The molecule has 0 aliphatic carbocycles. The summed E-state index contributed by atoms with van der Waals surface area (Å²) < 4.78 is 0. The third kappa shape index (κ3) is 4.11. The van der Waals surface area contributed by atoms with Gasteiger partial charge in [0.2, 0.25) is 5.91 Å². The Kier molecular flexibility index (Phi) is 5.11. The maximum atomic E-state index is 12.3. The summed E-state index contributed by atoms with van der Waals surface area (Å²) in [6, 6.07) is 14.2. The molecule has 24 heavy (non-hydrogen) atoms. The van der Waals surface area contributed by atoms with E-state index in [-0.39, 0.29) is 5.91 Å². The predicted molar refractivity (Wildman–Crippen MR) is 97.3 cm³/mol. The fraction of sp³-hybridized carbons (Fsp3) is 0.368. The lowest BCUT2D eigenvalue weighted by atomic mass is 10.2. The molecule has 3 rings (SSSR count). The van der Waals surface area contributed by atoms with E-state index in [1.54, 1.807) is 0 Å². The molecule has 1 aliphatic heterocycles. The normalized spacial score (nSPS) is 18.4. The van der Waals surface area contributed by atoms with E-state index < -0.39 is 0 Å². The predicted octanol–water partition coefficient (Wildman–Crippen LogP) is 2.54. The number of hydrogen-bond acceptors (Lipinski definition) is 4. The Bertz CT molecular complexity index is 689. The molecule has 1 saturated heterocycles. The van der Waals surface area contributed by atoms with Crippen LogP contribution in [-0.4, -0.2) is 48.0 Å². The monoisotopic (exact) mass is 324 g/mol. The molecule has 1 aromatic carbocycles. The van der Waals surface area contributed by atoms with Crippen LogP contribution in [0.4, 0.5) is 11.5 Å². The minimum absolute atomic E-state index is 0.0405. The van der Waals surface area contributed by atoms with Gasteiger partial charge in [-0.1, -0.05) is 18.2 Å².